The normalized spacial score (nSPS) is 24.2. The molecule has 1 N–H and O–H groups in total. The van der Waals surface area contributed by atoms with Gasteiger partial charge in [-0.05, 0) is 12.1 Å². The van der Waals surface area contributed by atoms with Crippen molar-refractivity contribution in [3.63, 3.8) is 0 Å². The van der Waals surface area contributed by atoms with Crippen molar-refractivity contribution in [2.24, 2.45) is 0 Å². The Balaban J connectivity index is 1.76. The molecule has 3 rings (SSSR count). The SMILES string of the molecule is COC(=O)[C@H]1SC[C@@H](C(=O)OC)N1NC(=O)[C@@H]1CSCN1C(=O)c1ccccc1. The minimum Gasteiger partial charge on any atom is -0.468 e. The fourth-order valence-electron chi connectivity index (χ4n) is 3.05. The zero-order chi connectivity index (χ0) is 21.0. The smallest absolute Gasteiger partial charge is 0.335 e. The molecule has 1 aromatic rings. The Bertz CT molecular complexity index is 769. The second kappa shape index (κ2) is 9.51. The zero-order valence-electron chi connectivity index (χ0n) is 15.9. The number of hydrogen-bond acceptors (Lipinski definition) is 9. The third-order valence-corrected chi connectivity index (χ3v) is 6.84. The van der Waals surface area contributed by atoms with Crippen LogP contribution in [-0.2, 0) is 23.9 Å². The minimum atomic E-state index is -0.875. The molecule has 0 aliphatic carbocycles. The molecule has 2 saturated heterocycles. The number of carbonyl (C=O) groups is 4. The number of rotatable bonds is 5. The summed E-state index contributed by atoms with van der Waals surface area (Å²) in [6.07, 6.45) is 0. The second-order valence-electron chi connectivity index (χ2n) is 6.29. The van der Waals surface area contributed by atoms with E-state index in [1.54, 1.807) is 24.3 Å². The minimum absolute atomic E-state index is 0.249. The zero-order valence-corrected chi connectivity index (χ0v) is 17.5. The highest BCUT2D eigenvalue weighted by atomic mass is 32.2. The third kappa shape index (κ3) is 4.51. The van der Waals surface area contributed by atoms with Crippen LogP contribution >= 0.6 is 23.5 Å². The first-order valence-corrected chi connectivity index (χ1v) is 11.0. The van der Waals surface area contributed by atoms with E-state index >= 15 is 0 Å². The number of thioether (sulfide) groups is 2. The summed E-state index contributed by atoms with van der Waals surface area (Å²) in [5, 5.41) is 0.388. The van der Waals surface area contributed by atoms with Crippen LogP contribution in [0.15, 0.2) is 30.3 Å². The van der Waals surface area contributed by atoms with E-state index in [2.05, 4.69) is 5.43 Å². The Morgan fingerprint density at radius 2 is 1.69 bits per heavy atom. The summed E-state index contributed by atoms with van der Waals surface area (Å²) in [6, 6.07) is 7.16. The molecule has 9 nitrogen and oxygen atoms in total. The largest absolute Gasteiger partial charge is 0.468 e. The maximum Gasteiger partial charge on any atom is 0.335 e. The van der Waals surface area contributed by atoms with Gasteiger partial charge in [0.25, 0.3) is 11.8 Å². The van der Waals surface area contributed by atoms with Gasteiger partial charge in [-0.2, -0.15) is 5.01 Å². The van der Waals surface area contributed by atoms with Crippen LogP contribution in [0.25, 0.3) is 0 Å². The molecule has 0 bridgehead atoms. The van der Waals surface area contributed by atoms with Crippen molar-refractivity contribution in [3.8, 4) is 0 Å². The maximum absolute atomic E-state index is 13.0. The predicted octanol–water partition coefficient (Wildman–Crippen LogP) is 0.322. The van der Waals surface area contributed by atoms with Gasteiger partial charge in [0, 0.05) is 17.1 Å². The first-order valence-electron chi connectivity index (χ1n) is 8.77. The molecule has 1 aromatic carbocycles. The number of carbonyl (C=O) groups excluding carboxylic acids is 4. The van der Waals surface area contributed by atoms with Gasteiger partial charge in [0.1, 0.15) is 12.1 Å². The van der Waals surface area contributed by atoms with Gasteiger partial charge in [-0.1, -0.05) is 18.2 Å². The molecule has 29 heavy (non-hydrogen) atoms. The summed E-state index contributed by atoms with van der Waals surface area (Å²) in [6.45, 7) is 0. The van der Waals surface area contributed by atoms with Crippen molar-refractivity contribution in [1.29, 1.82) is 0 Å². The Hall–Kier alpha value is -2.24. The number of ether oxygens (including phenoxy) is 2. The van der Waals surface area contributed by atoms with E-state index in [1.165, 1.54) is 47.7 Å². The molecular weight excluding hydrogens is 418 g/mol. The summed E-state index contributed by atoms with van der Waals surface area (Å²) in [5.74, 6) is -0.815. The van der Waals surface area contributed by atoms with Crippen LogP contribution < -0.4 is 5.43 Å². The Kier molecular flexibility index (Phi) is 7.04. The highest BCUT2D eigenvalue weighted by molar-refractivity contribution is 8.00. The molecular formula is C18H21N3O6S2. The molecule has 0 saturated carbocycles. The number of hydrazine groups is 1. The fourth-order valence-corrected chi connectivity index (χ4v) is 5.46. The second-order valence-corrected chi connectivity index (χ2v) is 8.40. The third-order valence-electron chi connectivity index (χ3n) is 4.58. The van der Waals surface area contributed by atoms with E-state index < -0.39 is 35.3 Å². The van der Waals surface area contributed by atoms with Crippen LogP contribution in [0.3, 0.4) is 0 Å². The van der Waals surface area contributed by atoms with Crippen LogP contribution in [0.1, 0.15) is 10.4 Å². The van der Waals surface area contributed by atoms with Crippen LogP contribution in [0.2, 0.25) is 0 Å². The standard InChI is InChI=1S/C18H21N3O6S2/c1-26-17(24)13-9-29-16(18(25)27-2)21(13)19-14(22)12-8-28-10-20(12)15(23)11-6-4-3-5-7-11/h3-7,12-13,16H,8-10H2,1-2H3,(H,19,22)/t12-,13-,16+/m0/s1. The summed E-state index contributed by atoms with van der Waals surface area (Å²) >= 11 is 2.63. The monoisotopic (exact) mass is 439 g/mol. The molecule has 2 aliphatic heterocycles. The van der Waals surface area contributed by atoms with Crippen molar-refractivity contribution >= 4 is 47.3 Å². The lowest BCUT2D eigenvalue weighted by Gasteiger charge is -2.30. The summed E-state index contributed by atoms with van der Waals surface area (Å²) in [4.78, 5) is 51.5. The lowest BCUT2D eigenvalue weighted by atomic mass is 10.1. The lowest BCUT2D eigenvalue weighted by molar-refractivity contribution is -0.153. The van der Waals surface area contributed by atoms with E-state index in [0.29, 0.717) is 17.2 Å². The number of methoxy groups -OCH3 is 2. The number of nitrogens with zero attached hydrogens (tertiary/aromatic N) is 2. The molecule has 156 valence electrons. The Morgan fingerprint density at radius 3 is 2.34 bits per heavy atom. The van der Waals surface area contributed by atoms with E-state index in [-0.39, 0.29) is 11.7 Å². The number of amides is 2. The molecule has 2 fully saturated rings. The summed E-state index contributed by atoms with van der Waals surface area (Å²) in [7, 11) is 2.48. The summed E-state index contributed by atoms with van der Waals surface area (Å²) < 4.78 is 9.56. The van der Waals surface area contributed by atoms with Crippen molar-refractivity contribution < 1.29 is 28.7 Å². The Labute approximate surface area is 176 Å². The van der Waals surface area contributed by atoms with Gasteiger partial charge >= 0.3 is 11.9 Å². The van der Waals surface area contributed by atoms with Crippen LogP contribution in [0, 0.1) is 0 Å². The number of hydrogen-bond donors (Lipinski definition) is 1. The quantitative estimate of drug-likeness (QED) is 0.650. The maximum atomic E-state index is 13.0. The lowest BCUT2D eigenvalue weighted by Crippen LogP contribution is -2.59. The number of esters is 2. The first-order chi connectivity index (χ1) is 14.0. The van der Waals surface area contributed by atoms with Gasteiger partial charge in [-0.15, -0.1) is 23.5 Å². The van der Waals surface area contributed by atoms with Gasteiger partial charge in [-0.3, -0.25) is 19.8 Å². The van der Waals surface area contributed by atoms with Crippen molar-refractivity contribution in [2.75, 3.05) is 31.6 Å². The highest BCUT2D eigenvalue weighted by Gasteiger charge is 2.46. The molecule has 0 radical (unpaired) electrons. The predicted molar refractivity (Wildman–Crippen MR) is 108 cm³/mol. The molecule has 2 heterocycles. The van der Waals surface area contributed by atoms with Crippen LogP contribution in [0.4, 0.5) is 0 Å². The number of nitrogens with one attached hydrogen (secondary N) is 1. The van der Waals surface area contributed by atoms with E-state index in [4.69, 9.17) is 9.47 Å². The molecule has 3 atom stereocenters. The Morgan fingerprint density at radius 1 is 1.00 bits per heavy atom. The van der Waals surface area contributed by atoms with Crippen molar-refractivity contribution in [1.82, 2.24) is 15.3 Å². The first kappa shape index (κ1) is 21.5. The van der Waals surface area contributed by atoms with E-state index in [0.717, 1.165) is 0 Å². The van der Waals surface area contributed by atoms with E-state index in [9.17, 15) is 19.2 Å². The topological polar surface area (TPSA) is 105 Å². The van der Waals surface area contributed by atoms with Gasteiger partial charge in [0.05, 0.1) is 20.1 Å². The van der Waals surface area contributed by atoms with Gasteiger partial charge in [-0.25, -0.2) is 4.79 Å². The van der Waals surface area contributed by atoms with Crippen molar-refractivity contribution in [3.05, 3.63) is 35.9 Å². The average molecular weight is 440 g/mol. The fraction of sp³-hybridized carbons (Fsp3) is 0.444. The van der Waals surface area contributed by atoms with E-state index in [1.807, 2.05) is 6.07 Å². The molecule has 0 spiro atoms. The molecule has 2 aliphatic rings. The van der Waals surface area contributed by atoms with Crippen LogP contribution in [0.5, 0.6) is 0 Å². The van der Waals surface area contributed by atoms with Crippen molar-refractivity contribution in [2.45, 2.75) is 17.5 Å². The average Bonchev–Trinajstić information content (AvgIpc) is 3.40. The molecule has 2 amide bonds. The van der Waals surface area contributed by atoms with Gasteiger partial charge < -0.3 is 14.4 Å². The molecule has 11 heteroatoms. The van der Waals surface area contributed by atoms with Gasteiger partial charge in [0.15, 0.2) is 5.37 Å². The highest BCUT2D eigenvalue weighted by Crippen LogP contribution is 2.30. The molecule has 0 aromatic heterocycles. The van der Waals surface area contributed by atoms with Gasteiger partial charge in [0.2, 0.25) is 0 Å². The van der Waals surface area contributed by atoms with Crippen LogP contribution in [-0.4, -0.2) is 82.7 Å². The summed E-state index contributed by atoms with van der Waals surface area (Å²) in [5.41, 5.74) is 3.14. The molecule has 0 unspecified atom stereocenters. The number of benzene rings is 1.